The third-order valence-electron chi connectivity index (χ3n) is 1.39. The van der Waals surface area contributed by atoms with Crippen LogP contribution in [-0.4, -0.2) is 20.6 Å². The fraction of sp³-hybridized carbons (Fsp3) is 0. The molecule has 0 spiro atoms. The van der Waals surface area contributed by atoms with Crippen molar-refractivity contribution < 1.29 is 4.79 Å². The lowest BCUT2D eigenvalue weighted by Crippen LogP contribution is -1.94. The number of nitrogens with zero attached hydrogens (tertiary/aromatic N) is 3. The van der Waals surface area contributed by atoms with Crippen LogP contribution in [0.15, 0.2) is 24.7 Å². The highest BCUT2D eigenvalue weighted by atomic mass is 16.1. The van der Waals surface area contributed by atoms with Crippen LogP contribution in [0.4, 0.5) is 0 Å². The molecule has 0 aliphatic heterocycles. The molecule has 2 aromatic heterocycles. The summed E-state index contributed by atoms with van der Waals surface area (Å²) in [6.07, 6.45) is 4.10. The Labute approximate surface area is 56.7 Å². The molecule has 4 heteroatoms. The molecular formula is C6H5N3O. The number of fused-ring (bicyclic) bond motifs is 1. The van der Waals surface area contributed by atoms with Gasteiger partial charge < -0.3 is 0 Å². The number of aromatic nitrogens is 3. The van der Waals surface area contributed by atoms with E-state index in [1.807, 2.05) is 18.3 Å². The second-order valence-corrected chi connectivity index (χ2v) is 1.95. The SMILES string of the molecule is O=Cn1ncn2cccc12. The molecule has 0 bridgehead atoms. The maximum absolute atomic E-state index is 10.3. The molecule has 2 aromatic rings. The summed E-state index contributed by atoms with van der Waals surface area (Å²) in [7, 11) is 0. The molecule has 0 aromatic carbocycles. The summed E-state index contributed by atoms with van der Waals surface area (Å²) < 4.78 is 3.05. The van der Waals surface area contributed by atoms with Gasteiger partial charge in [0.2, 0.25) is 6.41 Å². The molecule has 0 atom stereocenters. The van der Waals surface area contributed by atoms with Gasteiger partial charge in [-0.15, -0.1) is 0 Å². The van der Waals surface area contributed by atoms with Gasteiger partial charge in [0, 0.05) is 6.20 Å². The lowest BCUT2D eigenvalue weighted by molar-refractivity contribution is 0.542. The van der Waals surface area contributed by atoms with Crippen LogP contribution in [0.25, 0.3) is 5.65 Å². The van der Waals surface area contributed by atoms with Crippen molar-refractivity contribution in [2.75, 3.05) is 0 Å². The maximum atomic E-state index is 10.3. The van der Waals surface area contributed by atoms with Gasteiger partial charge in [0.05, 0.1) is 0 Å². The molecule has 0 unspecified atom stereocenters. The van der Waals surface area contributed by atoms with E-state index in [0.717, 1.165) is 5.65 Å². The highest BCUT2D eigenvalue weighted by Gasteiger charge is 1.96. The third kappa shape index (κ3) is 0.500. The Morgan fingerprint density at radius 1 is 1.60 bits per heavy atom. The zero-order valence-electron chi connectivity index (χ0n) is 5.14. The molecule has 0 saturated heterocycles. The highest BCUT2D eigenvalue weighted by molar-refractivity contribution is 5.60. The van der Waals surface area contributed by atoms with Gasteiger partial charge in [0.15, 0.2) is 0 Å². The lowest BCUT2D eigenvalue weighted by atomic mass is 10.6. The Kier molecular flexibility index (Phi) is 0.887. The summed E-state index contributed by atoms with van der Waals surface area (Å²) >= 11 is 0. The average molecular weight is 135 g/mol. The Morgan fingerprint density at radius 3 is 3.30 bits per heavy atom. The molecular weight excluding hydrogens is 130 g/mol. The van der Waals surface area contributed by atoms with Crippen molar-refractivity contribution in [2.24, 2.45) is 0 Å². The Hall–Kier alpha value is -1.58. The van der Waals surface area contributed by atoms with Gasteiger partial charge in [-0.25, -0.2) is 0 Å². The molecule has 0 saturated carbocycles. The highest BCUT2D eigenvalue weighted by Crippen LogP contribution is 1.99. The van der Waals surface area contributed by atoms with Crippen LogP contribution in [-0.2, 0) is 4.79 Å². The molecule has 0 fully saturated rings. The predicted octanol–water partition coefficient (Wildman–Crippen LogP) is 0.174. The zero-order chi connectivity index (χ0) is 6.97. The van der Waals surface area contributed by atoms with Crippen molar-refractivity contribution in [3.63, 3.8) is 0 Å². The smallest absolute Gasteiger partial charge is 0.236 e. The van der Waals surface area contributed by atoms with E-state index in [-0.39, 0.29) is 0 Å². The molecule has 50 valence electrons. The fourth-order valence-corrected chi connectivity index (χ4v) is 0.928. The standard InChI is InChI=1S/C6H5N3O/c10-5-9-6-2-1-3-8(6)4-7-9/h1-5H. The maximum Gasteiger partial charge on any atom is 0.236 e. The Balaban J connectivity index is 2.88. The molecule has 4 nitrogen and oxygen atoms in total. The third-order valence-corrected chi connectivity index (χ3v) is 1.39. The van der Waals surface area contributed by atoms with Crippen LogP contribution < -0.4 is 0 Å². The van der Waals surface area contributed by atoms with Crippen molar-refractivity contribution in [2.45, 2.75) is 0 Å². The minimum atomic E-state index is 0.676. The Bertz CT molecular complexity index is 360. The second-order valence-electron chi connectivity index (χ2n) is 1.95. The first-order valence-electron chi connectivity index (χ1n) is 2.87. The van der Waals surface area contributed by atoms with Crippen LogP contribution in [0.2, 0.25) is 0 Å². The minimum absolute atomic E-state index is 0.676. The van der Waals surface area contributed by atoms with Gasteiger partial charge in [0.25, 0.3) is 0 Å². The molecule has 0 amide bonds. The minimum Gasteiger partial charge on any atom is -0.290 e. The van der Waals surface area contributed by atoms with E-state index in [4.69, 9.17) is 0 Å². The number of hydrogen-bond donors (Lipinski definition) is 0. The van der Waals surface area contributed by atoms with E-state index in [1.165, 1.54) is 4.68 Å². The summed E-state index contributed by atoms with van der Waals surface area (Å²) in [5, 5.41) is 3.79. The monoisotopic (exact) mass is 135 g/mol. The van der Waals surface area contributed by atoms with E-state index in [2.05, 4.69) is 5.10 Å². The second kappa shape index (κ2) is 1.70. The van der Waals surface area contributed by atoms with E-state index in [9.17, 15) is 4.79 Å². The molecule has 0 aliphatic rings. The number of hydrogen-bond acceptors (Lipinski definition) is 2. The van der Waals surface area contributed by atoms with E-state index in [1.54, 1.807) is 10.7 Å². The van der Waals surface area contributed by atoms with E-state index < -0.39 is 0 Å². The first-order chi connectivity index (χ1) is 4.92. The van der Waals surface area contributed by atoms with Gasteiger partial charge in [-0.3, -0.25) is 9.20 Å². The number of rotatable bonds is 1. The quantitative estimate of drug-likeness (QED) is 0.523. The molecule has 0 aliphatic carbocycles. The van der Waals surface area contributed by atoms with Crippen molar-refractivity contribution in [3.8, 4) is 0 Å². The molecule has 2 heterocycles. The Morgan fingerprint density at radius 2 is 2.50 bits per heavy atom. The predicted molar refractivity (Wildman–Crippen MR) is 35.3 cm³/mol. The van der Waals surface area contributed by atoms with Gasteiger partial charge >= 0.3 is 0 Å². The first kappa shape index (κ1) is 5.22. The van der Waals surface area contributed by atoms with Gasteiger partial charge in [-0.1, -0.05) is 0 Å². The van der Waals surface area contributed by atoms with Gasteiger partial charge in [-0.2, -0.15) is 9.78 Å². The van der Waals surface area contributed by atoms with Crippen molar-refractivity contribution in [1.29, 1.82) is 0 Å². The summed E-state index contributed by atoms with van der Waals surface area (Å²) in [5.41, 5.74) is 0.787. The summed E-state index contributed by atoms with van der Waals surface area (Å²) in [6, 6.07) is 3.68. The van der Waals surface area contributed by atoms with Gasteiger partial charge in [0.1, 0.15) is 12.0 Å². The lowest BCUT2D eigenvalue weighted by Gasteiger charge is -1.82. The van der Waals surface area contributed by atoms with Crippen LogP contribution in [0.3, 0.4) is 0 Å². The van der Waals surface area contributed by atoms with Crippen LogP contribution in [0.5, 0.6) is 0 Å². The van der Waals surface area contributed by atoms with Crippen LogP contribution in [0.1, 0.15) is 0 Å². The van der Waals surface area contributed by atoms with Crippen molar-refractivity contribution >= 4 is 12.1 Å². The topological polar surface area (TPSA) is 39.3 Å². The molecule has 2 rings (SSSR count). The molecule has 0 radical (unpaired) electrons. The summed E-state index contributed by atoms with van der Waals surface area (Å²) in [4.78, 5) is 10.3. The van der Waals surface area contributed by atoms with Crippen molar-refractivity contribution in [1.82, 2.24) is 14.2 Å². The largest absolute Gasteiger partial charge is 0.290 e. The summed E-state index contributed by atoms with van der Waals surface area (Å²) in [5.74, 6) is 0. The van der Waals surface area contributed by atoms with Crippen LogP contribution >= 0.6 is 0 Å². The molecule has 10 heavy (non-hydrogen) atoms. The molecule has 0 N–H and O–H groups in total. The first-order valence-corrected chi connectivity index (χ1v) is 2.87. The zero-order valence-corrected chi connectivity index (χ0v) is 5.14. The fourth-order valence-electron chi connectivity index (χ4n) is 0.928. The van der Waals surface area contributed by atoms with Crippen LogP contribution in [0, 0.1) is 0 Å². The van der Waals surface area contributed by atoms with E-state index >= 15 is 0 Å². The van der Waals surface area contributed by atoms with E-state index in [0.29, 0.717) is 6.41 Å². The van der Waals surface area contributed by atoms with Crippen molar-refractivity contribution in [3.05, 3.63) is 24.7 Å². The summed E-state index contributed by atoms with van der Waals surface area (Å²) in [6.45, 7) is 0. The number of carbonyl (C=O) groups excluding carboxylic acids is 1. The normalized spacial score (nSPS) is 10.4. The average Bonchev–Trinajstić information content (AvgIpc) is 2.44. The number of carbonyl (C=O) groups is 1. The van der Waals surface area contributed by atoms with Gasteiger partial charge in [-0.05, 0) is 12.1 Å².